The van der Waals surface area contributed by atoms with Crippen LogP contribution in [0.15, 0.2) is 0 Å². The first-order chi connectivity index (χ1) is 9.01. The van der Waals surface area contributed by atoms with Gasteiger partial charge in [0.1, 0.15) is 6.04 Å². The SMILES string of the molecule is CCCOC(=O)N[C@@H](CCSC)C(=O)OCC(C)C. The molecule has 5 nitrogen and oxygen atoms in total. The lowest BCUT2D eigenvalue weighted by atomic mass is 10.2. The van der Waals surface area contributed by atoms with Crippen LogP contribution >= 0.6 is 11.8 Å². The predicted octanol–water partition coefficient (Wildman–Crippen LogP) is 2.44. The Morgan fingerprint density at radius 3 is 2.47 bits per heavy atom. The molecule has 0 radical (unpaired) electrons. The topological polar surface area (TPSA) is 64.6 Å². The number of alkyl carbamates (subject to hydrolysis) is 1. The first kappa shape index (κ1) is 18.1. The summed E-state index contributed by atoms with van der Waals surface area (Å²) in [6, 6.07) is -0.629. The average Bonchev–Trinajstić information content (AvgIpc) is 2.38. The van der Waals surface area contributed by atoms with Gasteiger partial charge in [-0.3, -0.25) is 0 Å². The summed E-state index contributed by atoms with van der Waals surface area (Å²) in [6.07, 6.45) is 2.68. The van der Waals surface area contributed by atoms with Gasteiger partial charge in [0.15, 0.2) is 0 Å². The number of thioether (sulfide) groups is 1. The normalized spacial score (nSPS) is 12.1. The van der Waals surface area contributed by atoms with E-state index in [9.17, 15) is 9.59 Å². The molecule has 1 atom stereocenters. The number of carbonyl (C=O) groups is 2. The minimum atomic E-state index is -0.629. The summed E-state index contributed by atoms with van der Waals surface area (Å²) in [5.74, 6) is 0.656. The lowest BCUT2D eigenvalue weighted by Crippen LogP contribution is -2.43. The lowest BCUT2D eigenvalue weighted by molar-refractivity contribution is -0.147. The van der Waals surface area contributed by atoms with Crippen molar-refractivity contribution in [1.29, 1.82) is 0 Å². The van der Waals surface area contributed by atoms with E-state index < -0.39 is 18.1 Å². The molecule has 0 saturated heterocycles. The van der Waals surface area contributed by atoms with Gasteiger partial charge in [0.2, 0.25) is 0 Å². The number of nitrogens with one attached hydrogen (secondary N) is 1. The van der Waals surface area contributed by atoms with E-state index in [2.05, 4.69) is 5.32 Å². The third-order valence-electron chi connectivity index (χ3n) is 2.18. The summed E-state index contributed by atoms with van der Waals surface area (Å²) in [5, 5.41) is 2.56. The Balaban J connectivity index is 4.27. The molecule has 0 aliphatic carbocycles. The summed E-state index contributed by atoms with van der Waals surface area (Å²) in [4.78, 5) is 23.3. The van der Waals surface area contributed by atoms with E-state index in [4.69, 9.17) is 9.47 Å². The van der Waals surface area contributed by atoms with Gasteiger partial charge >= 0.3 is 12.1 Å². The predicted molar refractivity (Wildman–Crippen MR) is 77.4 cm³/mol. The largest absolute Gasteiger partial charge is 0.464 e. The second-order valence-electron chi connectivity index (χ2n) is 4.64. The van der Waals surface area contributed by atoms with Crippen LogP contribution in [0.4, 0.5) is 4.79 Å². The fourth-order valence-corrected chi connectivity index (χ4v) is 1.68. The van der Waals surface area contributed by atoms with Gasteiger partial charge < -0.3 is 14.8 Å². The number of carbonyl (C=O) groups excluding carboxylic acids is 2. The molecular weight excluding hydrogens is 266 g/mol. The maximum Gasteiger partial charge on any atom is 0.407 e. The molecule has 0 spiro atoms. The Morgan fingerprint density at radius 1 is 1.26 bits per heavy atom. The van der Waals surface area contributed by atoms with Crippen LogP contribution in [0.25, 0.3) is 0 Å². The highest BCUT2D eigenvalue weighted by Crippen LogP contribution is 2.05. The molecule has 0 unspecified atom stereocenters. The quantitative estimate of drug-likeness (QED) is 0.661. The molecule has 0 aromatic heterocycles. The minimum absolute atomic E-state index is 0.275. The summed E-state index contributed by atoms with van der Waals surface area (Å²) in [6.45, 7) is 6.55. The molecule has 0 rings (SSSR count). The van der Waals surface area contributed by atoms with Crippen molar-refractivity contribution in [2.45, 2.75) is 39.7 Å². The molecule has 0 aliphatic heterocycles. The van der Waals surface area contributed by atoms with Crippen molar-refractivity contribution >= 4 is 23.8 Å². The van der Waals surface area contributed by atoms with Crippen molar-refractivity contribution in [3.05, 3.63) is 0 Å². The average molecular weight is 291 g/mol. The molecule has 112 valence electrons. The first-order valence-electron chi connectivity index (χ1n) is 6.60. The standard InChI is InChI=1S/C13H25NO4S/c1-5-7-17-13(16)14-11(6-8-19-4)12(15)18-9-10(2)3/h10-11H,5-9H2,1-4H3,(H,14,16)/t11-/m0/s1. The molecule has 1 N–H and O–H groups in total. The molecule has 0 aromatic carbocycles. The van der Waals surface area contributed by atoms with Gasteiger partial charge in [0.25, 0.3) is 0 Å². The monoisotopic (exact) mass is 291 g/mol. The molecule has 0 bridgehead atoms. The van der Waals surface area contributed by atoms with Gasteiger partial charge in [-0.15, -0.1) is 0 Å². The van der Waals surface area contributed by atoms with Gasteiger partial charge in [-0.2, -0.15) is 11.8 Å². The van der Waals surface area contributed by atoms with E-state index in [-0.39, 0.29) is 5.92 Å². The zero-order valence-corrected chi connectivity index (χ0v) is 13.0. The van der Waals surface area contributed by atoms with E-state index in [1.165, 1.54) is 0 Å². The Bertz CT molecular complexity index is 271. The Morgan fingerprint density at radius 2 is 1.95 bits per heavy atom. The van der Waals surface area contributed by atoms with E-state index in [0.717, 1.165) is 12.2 Å². The third-order valence-corrected chi connectivity index (χ3v) is 2.83. The molecule has 19 heavy (non-hydrogen) atoms. The smallest absolute Gasteiger partial charge is 0.407 e. The highest BCUT2D eigenvalue weighted by Gasteiger charge is 2.22. The van der Waals surface area contributed by atoms with E-state index in [0.29, 0.717) is 19.6 Å². The zero-order valence-electron chi connectivity index (χ0n) is 12.2. The van der Waals surface area contributed by atoms with Gasteiger partial charge in [-0.1, -0.05) is 20.8 Å². The molecule has 1 amide bonds. The van der Waals surface area contributed by atoms with Crippen molar-refractivity contribution in [3.8, 4) is 0 Å². The van der Waals surface area contributed by atoms with Crippen LogP contribution in [0, 0.1) is 5.92 Å². The highest BCUT2D eigenvalue weighted by atomic mass is 32.2. The fourth-order valence-electron chi connectivity index (χ4n) is 1.21. The Hall–Kier alpha value is -0.910. The molecule has 0 aromatic rings. The van der Waals surface area contributed by atoms with Crippen molar-refractivity contribution in [2.75, 3.05) is 25.2 Å². The lowest BCUT2D eigenvalue weighted by Gasteiger charge is -2.17. The van der Waals surface area contributed by atoms with Crippen molar-refractivity contribution < 1.29 is 19.1 Å². The van der Waals surface area contributed by atoms with Gasteiger partial charge in [0.05, 0.1) is 13.2 Å². The van der Waals surface area contributed by atoms with Crippen molar-refractivity contribution in [1.82, 2.24) is 5.32 Å². The number of esters is 1. The summed E-state index contributed by atoms with van der Waals surface area (Å²) in [7, 11) is 0. The molecular formula is C13H25NO4S. The van der Waals surface area contributed by atoms with Gasteiger partial charge in [-0.05, 0) is 30.8 Å². The molecule has 0 saturated carbocycles. The molecule has 0 fully saturated rings. The van der Waals surface area contributed by atoms with Crippen LogP contribution in [0.3, 0.4) is 0 Å². The van der Waals surface area contributed by atoms with E-state index in [1.807, 2.05) is 27.0 Å². The van der Waals surface area contributed by atoms with Crippen LogP contribution in [-0.4, -0.2) is 43.3 Å². The third kappa shape index (κ3) is 9.64. The highest BCUT2D eigenvalue weighted by molar-refractivity contribution is 7.98. The minimum Gasteiger partial charge on any atom is -0.464 e. The van der Waals surface area contributed by atoms with Crippen LogP contribution in [-0.2, 0) is 14.3 Å². The number of rotatable bonds is 9. The Kier molecular flexibility index (Phi) is 10.4. The fraction of sp³-hybridized carbons (Fsp3) is 0.846. The number of ether oxygens (including phenoxy) is 2. The van der Waals surface area contributed by atoms with E-state index >= 15 is 0 Å². The van der Waals surface area contributed by atoms with Crippen molar-refractivity contribution in [3.63, 3.8) is 0 Å². The number of amides is 1. The van der Waals surface area contributed by atoms with Crippen LogP contribution in [0.1, 0.15) is 33.6 Å². The first-order valence-corrected chi connectivity index (χ1v) is 7.99. The zero-order chi connectivity index (χ0) is 14.7. The Labute approximate surface area is 119 Å². The van der Waals surface area contributed by atoms with Crippen LogP contribution in [0.2, 0.25) is 0 Å². The van der Waals surface area contributed by atoms with Gasteiger partial charge in [0, 0.05) is 0 Å². The second kappa shape index (κ2) is 11.0. The summed E-state index contributed by atoms with van der Waals surface area (Å²) < 4.78 is 10.1. The summed E-state index contributed by atoms with van der Waals surface area (Å²) in [5.41, 5.74) is 0. The maximum atomic E-state index is 11.9. The molecule has 6 heteroatoms. The number of hydrogen-bond donors (Lipinski definition) is 1. The summed E-state index contributed by atoms with van der Waals surface area (Å²) >= 11 is 1.62. The second-order valence-corrected chi connectivity index (χ2v) is 5.62. The number of hydrogen-bond acceptors (Lipinski definition) is 5. The van der Waals surface area contributed by atoms with Crippen molar-refractivity contribution in [2.24, 2.45) is 5.92 Å². The molecule has 0 heterocycles. The van der Waals surface area contributed by atoms with Crippen LogP contribution in [0.5, 0.6) is 0 Å². The van der Waals surface area contributed by atoms with Gasteiger partial charge in [-0.25, -0.2) is 9.59 Å². The van der Waals surface area contributed by atoms with E-state index in [1.54, 1.807) is 11.8 Å². The molecule has 0 aliphatic rings. The van der Waals surface area contributed by atoms with Crippen LogP contribution < -0.4 is 5.32 Å². The maximum absolute atomic E-state index is 11.9.